The Bertz CT molecular complexity index is 2050. The molecule has 61 heavy (non-hydrogen) atoms. The minimum absolute atomic E-state index is 0.0219. The number of nitrogens with zero attached hydrogens (tertiary/aromatic N) is 7. The first-order valence-corrected chi connectivity index (χ1v) is 21.9. The molecule has 0 bridgehead atoms. The lowest BCUT2D eigenvalue weighted by molar-refractivity contribution is -0.133. The highest BCUT2D eigenvalue weighted by molar-refractivity contribution is 6.04. The Morgan fingerprint density at radius 3 is 2.43 bits per heavy atom. The highest BCUT2D eigenvalue weighted by Crippen LogP contribution is 2.40. The van der Waals surface area contributed by atoms with Crippen LogP contribution in [0.2, 0.25) is 0 Å². The van der Waals surface area contributed by atoms with Crippen molar-refractivity contribution >= 4 is 58.1 Å². The molecule has 2 aromatic carbocycles. The Hall–Kier alpha value is -5.52. The number of hydrogen-bond donors (Lipinski definition) is 5. The Kier molecular flexibility index (Phi) is 13.2. The van der Waals surface area contributed by atoms with Crippen molar-refractivity contribution in [2.75, 3.05) is 91.4 Å². The van der Waals surface area contributed by atoms with E-state index in [1.54, 1.807) is 36.3 Å². The topological polar surface area (TPSA) is 188 Å². The van der Waals surface area contributed by atoms with E-state index in [-0.39, 0.29) is 48.9 Å². The fourth-order valence-electron chi connectivity index (χ4n) is 9.33. The summed E-state index contributed by atoms with van der Waals surface area (Å²) in [6.07, 6.45) is 9.96. The molecular formula is C44H59N11O6. The number of amides is 4. The molecule has 3 aromatic rings. The molecule has 0 spiro atoms. The molecule has 1 saturated carbocycles. The fraction of sp³-hybridized carbons (Fsp3) is 0.545. The number of imide groups is 1. The van der Waals surface area contributed by atoms with Crippen molar-refractivity contribution in [3.8, 4) is 5.75 Å². The van der Waals surface area contributed by atoms with Gasteiger partial charge in [0.2, 0.25) is 23.7 Å². The van der Waals surface area contributed by atoms with Crippen LogP contribution in [0.1, 0.15) is 75.1 Å². The summed E-state index contributed by atoms with van der Waals surface area (Å²) in [7, 11) is 1.76. The van der Waals surface area contributed by atoms with Crippen molar-refractivity contribution in [1.29, 1.82) is 0 Å². The standard InChI is InChI=1S/C44H59N11O6/c1-29-43(60)51(2)37-28-45-44(49-40(37)55(29)34-5-3-4-6-34)47-35-12-7-31(27-38(35)61-26-25-56)41(58)50-54-19-16-30(17-20-54)15-18-52-21-23-53(24-22-52)33-10-8-32(9-11-33)46-36-13-14-39(57)48-42(36)59/h7-12,27-30,34,36,46,56H,3-6,13-26H2,1-2H3,(H,50,58)(H,45,47,49)(H,48,57,59)/t29-,36?/m1/s1. The largest absolute Gasteiger partial charge is 0.489 e. The van der Waals surface area contributed by atoms with E-state index < -0.39 is 6.04 Å². The zero-order valence-corrected chi connectivity index (χ0v) is 35.3. The van der Waals surface area contributed by atoms with Crippen molar-refractivity contribution in [2.45, 2.75) is 82.8 Å². The Morgan fingerprint density at radius 2 is 1.70 bits per heavy atom. The lowest BCUT2D eigenvalue weighted by Crippen LogP contribution is -2.54. The number of fused-ring (bicyclic) bond motifs is 1. The number of piperazine rings is 1. The zero-order chi connectivity index (χ0) is 42.5. The summed E-state index contributed by atoms with van der Waals surface area (Å²) >= 11 is 0. The number of hydrogen-bond acceptors (Lipinski definition) is 14. The fourth-order valence-corrected chi connectivity index (χ4v) is 9.33. The van der Waals surface area contributed by atoms with Gasteiger partial charge in [0, 0.05) is 75.7 Å². The first kappa shape index (κ1) is 42.2. The van der Waals surface area contributed by atoms with Gasteiger partial charge in [-0.05, 0) is 100 Å². The van der Waals surface area contributed by atoms with Gasteiger partial charge in [0.05, 0.1) is 18.5 Å². The third kappa shape index (κ3) is 9.84. The molecule has 8 rings (SSSR count). The molecular weight excluding hydrogens is 779 g/mol. The minimum atomic E-state index is -0.391. The SMILES string of the molecule is C[C@@H]1C(=O)N(C)c2cnc(Nc3ccc(C(=O)NN4CCC(CCN5CCN(c6ccc(NC7CCC(=O)NC7=O)cc6)CC5)CC4)cc3OCCO)nc2N1C1CCCC1. The molecule has 5 aliphatic rings. The molecule has 17 heteroatoms. The van der Waals surface area contributed by atoms with Crippen molar-refractivity contribution in [3.63, 3.8) is 0 Å². The first-order chi connectivity index (χ1) is 29.6. The predicted molar refractivity (Wildman–Crippen MR) is 233 cm³/mol. The summed E-state index contributed by atoms with van der Waals surface area (Å²) in [5, 5.41) is 20.5. The molecule has 326 valence electrons. The summed E-state index contributed by atoms with van der Waals surface area (Å²) in [4.78, 5) is 68.3. The molecule has 0 radical (unpaired) electrons. The van der Waals surface area contributed by atoms with Crippen LogP contribution >= 0.6 is 0 Å². The van der Waals surface area contributed by atoms with Crippen molar-refractivity contribution in [3.05, 3.63) is 54.2 Å². The van der Waals surface area contributed by atoms with E-state index in [4.69, 9.17) is 9.72 Å². The van der Waals surface area contributed by atoms with Gasteiger partial charge in [0.25, 0.3) is 5.91 Å². The van der Waals surface area contributed by atoms with Crippen molar-refractivity contribution in [1.82, 2.24) is 30.6 Å². The van der Waals surface area contributed by atoms with Crippen LogP contribution in [0.4, 0.5) is 34.5 Å². The molecule has 1 aliphatic carbocycles. The normalized spacial score (nSPS) is 22.0. The molecule has 1 unspecified atom stereocenters. The average molecular weight is 838 g/mol. The van der Waals surface area contributed by atoms with Crippen LogP contribution < -0.4 is 40.8 Å². The van der Waals surface area contributed by atoms with E-state index in [1.807, 2.05) is 24.1 Å². The van der Waals surface area contributed by atoms with Gasteiger partial charge in [-0.1, -0.05) is 12.8 Å². The highest BCUT2D eigenvalue weighted by Gasteiger charge is 2.40. The van der Waals surface area contributed by atoms with Gasteiger partial charge in [-0.3, -0.25) is 34.8 Å². The van der Waals surface area contributed by atoms with Gasteiger partial charge in [0.15, 0.2) is 5.82 Å². The summed E-state index contributed by atoms with van der Waals surface area (Å²) in [6.45, 7) is 8.32. The van der Waals surface area contributed by atoms with Gasteiger partial charge in [-0.15, -0.1) is 0 Å². The molecule has 4 amide bonds. The number of ether oxygens (including phenoxy) is 1. The Morgan fingerprint density at radius 1 is 0.951 bits per heavy atom. The zero-order valence-electron chi connectivity index (χ0n) is 35.3. The van der Waals surface area contributed by atoms with Crippen LogP contribution in [0.5, 0.6) is 5.75 Å². The molecule has 17 nitrogen and oxygen atoms in total. The predicted octanol–water partition coefficient (Wildman–Crippen LogP) is 3.49. The second-order valence-corrected chi connectivity index (χ2v) is 16.9. The quantitative estimate of drug-likeness (QED) is 0.149. The molecule has 4 aliphatic heterocycles. The van der Waals surface area contributed by atoms with Crippen LogP contribution in [-0.4, -0.2) is 133 Å². The second kappa shape index (κ2) is 19.0. The van der Waals surface area contributed by atoms with Crippen LogP contribution in [0.3, 0.4) is 0 Å². The van der Waals surface area contributed by atoms with E-state index in [9.17, 15) is 24.3 Å². The van der Waals surface area contributed by atoms with Gasteiger partial charge in [0.1, 0.15) is 30.1 Å². The number of benzene rings is 2. The third-order valence-electron chi connectivity index (χ3n) is 12.9. The van der Waals surface area contributed by atoms with Gasteiger partial charge in [-0.25, -0.2) is 9.99 Å². The van der Waals surface area contributed by atoms with Gasteiger partial charge in [-0.2, -0.15) is 4.98 Å². The number of likely N-dealkylation sites (N-methyl/N-ethyl adjacent to an activating group) is 1. The smallest absolute Gasteiger partial charge is 0.265 e. The number of rotatable bonds is 14. The van der Waals surface area contributed by atoms with Crippen LogP contribution in [0.15, 0.2) is 48.7 Å². The summed E-state index contributed by atoms with van der Waals surface area (Å²) in [5.41, 5.74) is 6.80. The molecule has 5 heterocycles. The van der Waals surface area contributed by atoms with E-state index >= 15 is 0 Å². The van der Waals surface area contributed by atoms with Crippen molar-refractivity contribution in [2.24, 2.45) is 5.92 Å². The monoisotopic (exact) mass is 837 g/mol. The Labute approximate surface area is 357 Å². The number of carbonyl (C=O) groups excluding carboxylic acids is 4. The maximum atomic E-state index is 13.5. The van der Waals surface area contributed by atoms with Gasteiger partial charge < -0.3 is 35.2 Å². The maximum absolute atomic E-state index is 13.5. The van der Waals surface area contributed by atoms with Crippen LogP contribution in [0.25, 0.3) is 0 Å². The molecule has 2 atom stereocenters. The molecule has 4 fully saturated rings. The highest BCUT2D eigenvalue weighted by atomic mass is 16.5. The molecule has 5 N–H and O–H groups in total. The average Bonchev–Trinajstić information content (AvgIpc) is 3.81. The number of piperidine rings is 2. The van der Waals surface area contributed by atoms with Crippen molar-refractivity contribution < 1.29 is 29.0 Å². The summed E-state index contributed by atoms with van der Waals surface area (Å²) < 4.78 is 5.90. The number of nitrogens with one attached hydrogen (secondary N) is 4. The number of aliphatic hydroxyl groups excluding tert-OH is 1. The summed E-state index contributed by atoms with van der Waals surface area (Å²) in [6, 6.07) is 12.9. The first-order valence-electron chi connectivity index (χ1n) is 21.9. The minimum Gasteiger partial charge on any atom is -0.489 e. The maximum Gasteiger partial charge on any atom is 0.265 e. The van der Waals surface area contributed by atoms with Crippen LogP contribution in [0, 0.1) is 5.92 Å². The number of carbonyl (C=O) groups is 4. The number of aliphatic hydroxyl groups is 1. The number of anilines is 6. The van der Waals surface area contributed by atoms with E-state index in [0.29, 0.717) is 47.4 Å². The van der Waals surface area contributed by atoms with E-state index in [0.717, 1.165) is 102 Å². The van der Waals surface area contributed by atoms with E-state index in [1.165, 1.54) is 5.69 Å². The lowest BCUT2D eigenvalue weighted by atomic mass is 9.94. The van der Waals surface area contributed by atoms with Crippen LogP contribution in [-0.2, 0) is 14.4 Å². The molecule has 3 saturated heterocycles. The molecule has 1 aromatic heterocycles. The Balaban J connectivity index is 0.794. The van der Waals surface area contributed by atoms with Gasteiger partial charge >= 0.3 is 0 Å². The van der Waals surface area contributed by atoms with E-state index in [2.05, 4.69) is 53.2 Å². The number of aromatic nitrogens is 2. The third-order valence-corrected chi connectivity index (χ3v) is 12.9. The summed E-state index contributed by atoms with van der Waals surface area (Å²) in [5.74, 6) is 1.37. The number of hydrazine groups is 1. The second-order valence-electron chi connectivity index (χ2n) is 16.9. The lowest BCUT2D eigenvalue weighted by Gasteiger charge is -2.42.